The summed E-state index contributed by atoms with van der Waals surface area (Å²) in [4.78, 5) is 67.3. The van der Waals surface area contributed by atoms with Crippen LogP contribution in [-0.4, -0.2) is 83.5 Å². The number of hydrogen-bond acceptors (Lipinski definition) is 10. The SMILES string of the molecule is COC(=O)C1=NN[C@]2(C(=O)OC)[C@](C)(C1)CN(C(=O)c1ccccc1)[C@@]21C=NN(c2ccc(C(=O)O)cc2)C1=O. The van der Waals surface area contributed by atoms with Crippen LogP contribution in [0.3, 0.4) is 0 Å². The third-order valence-corrected chi connectivity index (χ3v) is 7.74. The number of aromatic carboxylic acids is 1. The second-order valence-electron chi connectivity index (χ2n) is 9.88. The normalized spacial score (nSPS) is 26.7. The number of hydrogen-bond donors (Lipinski definition) is 2. The minimum absolute atomic E-state index is 0.00642. The highest BCUT2D eigenvalue weighted by molar-refractivity contribution is 6.37. The predicted molar refractivity (Wildman–Crippen MR) is 140 cm³/mol. The monoisotopic (exact) mass is 547 g/mol. The Morgan fingerprint density at radius 3 is 2.25 bits per heavy atom. The Hall–Kier alpha value is -5.07. The van der Waals surface area contributed by atoms with Crippen LogP contribution >= 0.6 is 0 Å². The number of ether oxygens (including phenoxy) is 2. The molecule has 0 saturated carbocycles. The molecule has 0 unspecified atom stereocenters. The standard InChI is InChI=1S/C27H25N5O8/c1-25-13-19(22(36)39-2)29-30-27(25,24(38)40-3)26(31(15-25)20(33)16-7-5-4-6-8-16)14-28-32(23(26)37)18-11-9-17(10-12-18)21(34)35/h4-12,14,30H,13,15H2,1-3H3,(H,34,35)/t25-,26-,27-/m1/s1. The van der Waals surface area contributed by atoms with Crippen LogP contribution in [0.5, 0.6) is 0 Å². The fourth-order valence-electron chi connectivity index (χ4n) is 5.81. The number of nitrogens with zero attached hydrogens (tertiary/aromatic N) is 4. The smallest absolute Gasteiger partial charge is 0.354 e. The van der Waals surface area contributed by atoms with Crippen molar-refractivity contribution in [1.29, 1.82) is 0 Å². The number of anilines is 1. The highest BCUT2D eigenvalue weighted by atomic mass is 16.5. The van der Waals surface area contributed by atoms with E-state index in [0.717, 1.165) is 12.1 Å². The summed E-state index contributed by atoms with van der Waals surface area (Å²) >= 11 is 0. The molecule has 40 heavy (non-hydrogen) atoms. The van der Waals surface area contributed by atoms with Crippen molar-refractivity contribution in [1.82, 2.24) is 10.3 Å². The lowest BCUT2D eigenvalue weighted by atomic mass is 9.61. The van der Waals surface area contributed by atoms with Crippen LogP contribution in [0.2, 0.25) is 0 Å². The first-order chi connectivity index (χ1) is 19.1. The molecule has 5 rings (SSSR count). The number of methoxy groups -OCH3 is 2. The number of rotatable bonds is 5. The van der Waals surface area contributed by atoms with E-state index in [1.807, 2.05) is 0 Å². The van der Waals surface area contributed by atoms with Crippen molar-refractivity contribution in [3.05, 3.63) is 65.7 Å². The van der Waals surface area contributed by atoms with Gasteiger partial charge < -0.3 is 19.5 Å². The van der Waals surface area contributed by atoms with E-state index in [9.17, 15) is 29.1 Å². The van der Waals surface area contributed by atoms with E-state index in [-0.39, 0.29) is 35.5 Å². The molecule has 3 heterocycles. The van der Waals surface area contributed by atoms with Crippen LogP contribution in [0, 0.1) is 5.41 Å². The topological polar surface area (TPSA) is 167 Å². The summed E-state index contributed by atoms with van der Waals surface area (Å²) in [6.07, 6.45) is 1.08. The average Bonchev–Trinajstić information content (AvgIpc) is 3.44. The van der Waals surface area contributed by atoms with Gasteiger partial charge in [0.2, 0.25) is 0 Å². The Morgan fingerprint density at radius 2 is 1.65 bits per heavy atom. The summed E-state index contributed by atoms with van der Waals surface area (Å²) in [5.41, 5.74) is -2.22. The van der Waals surface area contributed by atoms with Crippen molar-refractivity contribution in [2.75, 3.05) is 25.8 Å². The van der Waals surface area contributed by atoms with Gasteiger partial charge in [-0.25, -0.2) is 14.4 Å². The average molecular weight is 548 g/mol. The van der Waals surface area contributed by atoms with E-state index in [2.05, 4.69) is 15.6 Å². The summed E-state index contributed by atoms with van der Waals surface area (Å²) in [5.74, 6) is -4.13. The summed E-state index contributed by atoms with van der Waals surface area (Å²) in [6, 6.07) is 13.6. The van der Waals surface area contributed by atoms with Gasteiger partial charge in [-0.2, -0.15) is 15.2 Å². The maximum atomic E-state index is 14.5. The van der Waals surface area contributed by atoms with Crippen LogP contribution < -0.4 is 10.4 Å². The first kappa shape index (κ1) is 26.5. The van der Waals surface area contributed by atoms with Gasteiger partial charge in [0.05, 0.1) is 31.7 Å². The third-order valence-electron chi connectivity index (χ3n) is 7.74. The van der Waals surface area contributed by atoms with Gasteiger partial charge in [0, 0.05) is 23.9 Å². The van der Waals surface area contributed by atoms with Crippen LogP contribution in [0.1, 0.15) is 34.1 Å². The molecule has 0 aliphatic carbocycles. The predicted octanol–water partition coefficient (Wildman–Crippen LogP) is 1.05. The molecular formula is C27H25N5O8. The highest BCUT2D eigenvalue weighted by Crippen LogP contribution is 2.56. The third kappa shape index (κ3) is 3.43. The molecule has 2 aromatic carbocycles. The van der Waals surface area contributed by atoms with E-state index >= 15 is 0 Å². The number of carbonyl (C=O) groups excluding carboxylic acids is 4. The molecule has 1 saturated heterocycles. The van der Waals surface area contributed by atoms with Gasteiger partial charge in [-0.15, -0.1) is 0 Å². The van der Waals surface area contributed by atoms with E-state index in [1.165, 1.54) is 42.5 Å². The highest BCUT2D eigenvalue weighted by Gasteiger charge is 2.81. The maximum Gasteiger partial charge on any atom is 0.354 e. The molecule has 3 aliphatic rings. The minimum Gasteiger partial charge on any atom is -0.478 e. The summed E-state index contributed by atoms with van der Waals surface area (Å²) in [7, 11) is 2.34. The van der Waals surface area contributed by atoms with Crippen LogP contribution in [0.15, 0.2) is 64.8 Å². The number of esters is 2. The second-order valence-corrected chi connectivity index (χ2v) is 9.88. The number of carboxylic acids is 1. The van der Waals surface area contributed by atoms with Crippen molar-refractivity contribution in [3.8, 4) is 0 Å². The Bertz CT molecular complexity index is 1490. The van der Waals surface area contributed by atoms with Gasteiger partial charge >= 0.3 is 17.9 Å². The number of benzene rings is 2. The van der Waals surface area contributed by atoms with E-state index in [1.54, 1.807) is 37.3 Å². The molecule has 1 spiro atoms. The van der Waals surface area contributed by atoms with Gasteiger partial charge in [-0.3, -0.25) is 15.0 Å². The second kappa shape index (κ2) is 9.29. The van der Waals surface area contributed by atoms with Crippen LogP contribution in [-0.2, 0) is 23.9 Å². The molecule has 0 bridgehead atoms. The molecule has 2 aromatic rings. The van der Waals surface area contributed by atoms with E-state index in [0.29, 0.717) is 0 Å². The lowest BCUT2D eigenvalue weighted by Gasteiger charge is -2.48. The molecule has 2 amide bonds. The van der Waals surface area contributed by atoms with Gasteiger partial charge in [-0.05, 0) is 36.4 Å². The molecule has 13 heteroatoms. The van der Waals surface area contributed by atoms with Gasteiger partial charge in [-0.1, -0.05) is 25.1 Å². The van der Waals surface area contributed by atoms with Gasteiger partial charge in [0.25, 0.3) is 11.8 Å². The molecule has 0 radical (unpaired) electrons. The minimum atomic E-state index is -2.08. The van der Waals surface area contributed by atoms with E-state index in [4.69, 9.17) is 9.47 Å². The number of amides is 2. The van der Waals surface area contributed by atoms with E-state index < -0.39 is 46.2 Å². The number of carbonyl (C=O) groups is 5. The molecule has 13 nitrogen and oxygen atoms in total. The van der Waals surface area contributed by atoms with Crippen molar-refractivity contribution in [2.45, 2.75) is 24.4 Å². The Kier molecular flexibility index (Phi) is 6.16. The Morgan fingerprint density at radius 1 is 0.975 bits per heavy atom. The number of fused-ring (bicyclic) bond motifs is 2. The van der Waals surface area contributed by atoms with Gasteiger partial charge in [0.15, 0.2) is 11.1 Å². The molecule has 2 N–H and O–H groups in total. The zero-order chi connectivity index (χ0) is 28.9. The zero-order valence-corrected chi connectivity index (χ0v) is 21.8. The number of hydrazone groups is 2. The molecule has 0 aromatic heterocycles. The van der Waals surface area contributed by atoms with Crippen LogP contribution in [0.25, 0.3) is 0 Å². The lowest BCUT2D eigenvalue weighted by molar-refractivity contribution is -0.159. The Balaban J connectivity index is 1.71. The Labute approximate surface area is 228 Å². The zero-order valence-electron chi connectivity index (χ0n) is 21.8. The molecule has 3 aliphatic heterocycles. The summed E-state index contributed by atoms with van der Waals surface area (Å²) in [5, 5.41) is 18.7. The van der Waals surface area contributed by atoms with Crippen LogP contribution in [0.4, 0.5) is 5.69 Å². The number of likely N-dealkylation sites (tertiary alicyclic amines) is 1. The molecule has 206 valence electrons. The summed E-state index contributed by atoms with van der Waals surface area (Å²) < 4.78 is 10.0. The first-order valence-corrected chi connectivity index (χ1v) is 12.2. The number of nitrogens with one attached hydrogen (secondary N) is 1. The van der Waals surface area contributed by atoms with Crippen molar-refractivity contribution in [2.24, 2.45) is 15.6 Å². The van der Waals surface area contributed by atoms with Crippen molar-refractivity contribution in [3.63, 3.8) is 0 Å². The lowest BCUT2D eigenvalue weighted by Crippen LogP contribution is -2.77. The van der Waals surface area contributed by atoms with Crippen molar-refractivity contribution < 1.29 is 38.6 Å². The maximum absolute atomic E-state index is 14.5. The largest absolute Gasteiger partial charge is 0.478 e. The molecule has 3 atom stereocenters. The summed E-state index contributed by atoms with van der Waals surface area (Å²) in [6.45, 7) is 1.49. The molecular weight excluding hydrogens is 522 g/mol. The first-order valence-electron chi connectivity index (χ1n) is 12.2. The fraction of sp³-hybridized carbons (Fsp3) is 0.296. The molecule has 1 fully saturated rings. The quantitative estimate of drug-likeness (QED) is 0.520. The van der Waals surface area contributed by atoms with Gasteiger partial charge in [0.1, 0.15) is 5.71 Å². The van der Waals surface area contributed by atoms with Crippen molar-refractivity contribution >= 4 is 47.3 Å². The number of carboxylic acid groups (broad SMARTS) is 1. The fourth-order valence-corrected chi connectivity index (χ4v) is 5.81.